The number of benzene rings is 3. The lowest BCUT2D eigenvalue weighted by Gasteiger charge is -2.43. The molecule has 0 unspecified atom stereocenters. The van der Waals surface area contributed by atoms with Crippen LogP contribution in [0.25, 0.3) is 0 Å². The minimum Gasteiger partial charge on any atom is -0.392 e. The summed E-state index contributed by atoms with van der Waals surface area (Å²) in [7, 11) is -3.73. The number of hydrogen-bond donors (Lipinski definition) is 2. The first kappa shape index (κ1) is 28.8. The first-order valence-electron chi connectivity index (χ1n) is 14.3. The molecule has 2 aliphatic rings. The van der Waals surface area contributed by atoms with Gasteiger partial charge in [-0.25, -0.2) is 8.42 Å². The van der Waals surface area contributed by atoms with Gasteiger partial charge in [-0.1, -0.05) is 80.8 Å². The first-order chi connectivity index (χ1) is 19.4. The molecule has 2 saturated heterocycles. The van der Waals surface area contributed by atoms with Gasteiger partial charge in [-0.3, -0.25) is 4.72 Å². The molecule has 5 rings (SSSR count). The van der Waals surface area contributed by atoms with Gasteiger partial charge in [-0.15, -0.1) is 0 Å². The minimum absolute atomic E-state index is 0.00361. The normalized spacial score (nSPS) is 24.6. The Morgan fingerprint density at radius 2 is 1.55 bits per heavy atom. The maximum absolute atomic E-state index is 13.0. The predicted octanol–water partition coefficient (Wildman–Crippen LogP) is 6.04. The van der Waals surface area contributed by atoms with Crippen molar-refractivity contribution in [3.8, 4) is 0 Å². The lowest BCUT2D eigenvalue weighted by Crippen LogP contribution is -2.45. The van der Waals surface area contributed by atoms with E-state index >= 15 is 0 Å². The van der Waals surface area contributed by atoms with E-state index in [9.17, 15) is 13.5 Å². The van der Waals surface area contributed by atoms with Crippen molar-refractivity contribution in [3.05, 3.63) is 95.6 Å². The Bertz CT molecular complexity index is 1320. The molecule has 4 atom stereocenters. The zero-order valence-electron chi connectivity index (χ0n) is 23.1. The van der Waals surface area contributed by atoms with Crippen LogP contribution in [0.3, 0.4) is 0 Å². The number of nitrogens with one attached hydrogen (secondary N) is 1. The quantitative estimate of drug-likeness (QED) is 0.347. The van der Waals surface area contributed by atoms with Gasteiger partial charge in [0.1, 0.15) is 0 Å². The number of aliphatic hydroxyl groups is 1. The van der Waals surface area contributed by atoms with Gasteiger partial charge in [0.2, 0.25) is 0 Å². The molecule has 0 spiro atoms. The minimum atomic E-state index is -3.73. The number of rotatable bonds is 8. The van der Waals surface area contributed by atoms with Crippen LogP contribution < -0.4 is 4.72 Å². The highest BCUT2D eigenvalue weighted by Crippen LogP contribution is 2.42. The fraction of sp³-hybridized carbons (Fsp3) is 0.438. The van der Waals surface area contributed by atoms with Crippen LogP contribution in [0.5, 0.6) is 0 Å². The Morgan fingerprint density at radius 3 is 2.25 bits per heavy atom. The highest BCUT2D eigenvalue weighted by atomic mass is 32.2. The van der Waals surface area contributed by atoms with Crippen LogP contribution in [0, 0.1) is 5.92 Å². The second-order valence-electron chi connectivity index (χ2n) is 10.9. The number of nitrogens with zero attached hydrogens (tertiary/aromatic N) is 1. The molecule has 2 N–H and O–H groups in total. The number of sulfonamides is 1. The van der Waals surface area contributed by atoms with Crippen molar-refractivity contribution in [1.82, 2.24) is 4.90 Å². The lowest BCUT2D eigenvalue weighted by atomic mass is 9.89. The highest BCUT2D eigenvalue weighted by Gasteiger charge is 2.39. The van der Waals surface area contributed by atoms with Gasteiger partial charge in [0.15, 0.2) is 6.29 Å². The second-order valence-corrected chi connectivity index (χ2v) is 12.6. The van der Waals surface area contributed by atoms with Crippen molar-refractivity contribution in [2.45, 2.75) is 69.0 Å². The van der Waals surface area contributed by atoms with Gasteiger partial charge in [0, 0.05) is 23.7 Å². The van der Waals surface area contributed by atoms with Gasteiger partial charge in [-0.05, 0) is 61.3 Å². The molecule has 8 heteroatoms. The number of hydrogen-bond acceptors (Lipinski definition) is 6. The van der Waals surface area contributed by atoms with Gasteiger partial charge in [0.05, 0.1) is 23.7 Å². The summed E-state index contributed by atoms with van der Waals surface area (Å²) in [5.41, 5.74) is 3.11. The summed E-state index contributed by atoms with van der Waals surface area (Å²) >= 11 is 0. The molecule has 0 radical (unpaired) electrons. The average Bonchev–Trinajstić information content (AvgIpc) is 2.96. The number of ether oxygens (including phenoxy) is 2. The zero-order valence-corrected chi connectivity index (χ0v) is 23.9. The molecule has 0 saturated carbocycles. The molecule has 7 nitrogen and oxygen atoms in total. The van der Waals surface area contributed by atoms with E-state index in [1.165, 1.54) is 32.1 Å². The van der Waals surface area contributed by atoms with Gasteiger partial charge < -0.3 is 19.5 Å². The van der Waals surface area contributed by atoms with Crippen molar-refractivity contribution in [2.75, 3.05) is 24.4 Å². The molecule has 40 heavy (non-hydrogen) atoms. The summed E-state index contributed by atoms with van der Waals surface area (Å²) in [5, 5.41) is 9.52. The van der Waals surface area contributed by atoms with Crippen LogP contribution in [-0.4, -0.2) is 44.2 Å². The fourth-order valence-corrected chi connectivity index (χ4v) is 6.71. The van der Waals surface area contributed by atoms with Crippen molar-refractivity contribution >= 4 is 15.7 Å². The monoisotopic (exact) mass is 564 g/mol. The van der Waals surface area contributed by atoms with Gasteiger partial charge in [0.25, 0.3) is 10.0 Å². The van der Waals surface area contributed by atoms with Crippen molar-refractivity contribution in [3.63, 3.8) is 0 Å². The molecule has 3 aromatic carbocycles. The maximum Gasteiger partial charge on any atom is 0.261 e. The lowest BCUT2D eigenvalue weighted by molar-refractivity contribution is -0.276. The third-order valence-corrected chi connectivity index (χ3v) is 9.37. The van der Waals surface area contributed by atoms with Crippen molar-refractivity contribution < 1.29 is 23.0 Å². The molecule has 0 aromatic heterocycles. The van der Waals surface area contributed by atoms with Crippen LogP contribution in [0.15, 0.2) is 83.8 Å². The largest absolute Gasteiger partial charge is 0.392 e. The van der Waals surface area contributed by atoms with Crippen molar-refractivity contribution in [2.24, 2.45) is 5.92 Å². The molecule has 0 bridgehead atoms. The summed E-state index contributed by atoms with van der Waals surface area (Å²) in [6, 6.07) is 23.5. The van der Waals surface area contributed by atoms with Gasteiger partial charge in [-0.2, -0.15) is 0 Å². The first-order valence-corrected chi connectivity index (χ1v) is 15.8. The Kier molecular flexibility index (Phi) is 9.55. The molecule has 2 fully saturated rings. The molecule has 3 aromatic rings. The molecule has 214 valence electrons. The van der Waals surface area contributed by atoms with Gasteiger partial charge >= 0.3 is 0 Å². The predicted molar refractivity (Wildman–Crippen MR) is 156 cm³/mol. The van der Waals surface area contributed by atoms with E-state index in [0.29, 0.717) is 5.69 Å². The molecule has 0 amide bonds. The second kappa shape index (κ2) is 13.3. The number of aliphatic hydroxyl groups excluding tert-OH is 1. The smallest absolute Gasteiger partial charge is 0.261 e. The topological polar surface area (TPSA) is 88.1 Å². The maximum atomic E-state index is 13.0. The molecule has 2 heterocycles. The summed E-state index contributed by atoms with van der Waals surface area (Å²) in [6.07, 6.45) is 5.34. The van der Waals surface area contributed by atoms with Crippen LogP contribution in [0.1, 0.15) is 68.1 Å². The molecule has 0 aliphatic carbocycles. The third kappa shape index (κ3) is 7.11. The van der Waals surface area contributed by atoms with E-state index in [1.54, 1.807) is 42.5 Å². The zero-order chi connectivity index (χ0) is 28.0. The van der Waals surface area contributed by atoms with Crippen LogP contribution >= 0.6 is 0 Å². The van der Waals surface area contributed by atoms with E-state index in [0.717, 1.165) is 36.3 Å². The van der Waals surface area contributed by atoms with E-state index in [1.807, 2.05) is 36.4 Å². The Hall–Kier alpha value is -2.75. The van der Waals surface area contributed by atoms with Crippen LogP contribution in [0.2, 0.25) is 0 Å². The number of anilines is 1. The Labute approximate surface area is 238 Å². The van der Waals surface area contributed by atoms with E-state index in [2.05, 4.69) is 16.5 Å². The van der Waals surface area contributed by atoms with Crippen LogP contribution in [-0.2, 0) is 26.1 Å². The summed E-state index contributed by atoms with van der Waals surface area (Å²) in [4.78, 5) is 2.73. The third-order valence-electron chi connectivity index (χ3n) is 7.97. The fourth-order valence-electron chi connectivity index (χ4n) is 5.64. The molecular formula is C32H40N2O5S. The van der Waals surface area contributed by atoms with Crippen LogP contribution in [0.4, 0.5) is 5.69 Å². The van der Waals surface area contributed by atoms with E-state index in [-0.39, 0.29) is 29.6 Å². The Morgan fingerprint density at radius 1 is 0.850 bits per heavy atom. The molecular weight excluding hydrogens is 524 g/mol. The van der Waals surface area contributed by atoms with E-state index < -0.39 is 16.3 Å². The summed E-state index contributed by atoms with van der Waals surface area (Å²) < 4.78 is 41.8. The highest BCUT2D eigenvalue weighted by molar-refractivity contribution is 7.92. The van der Waals surface area contributed by atoms with Crippen molar-refractivity contribution in [1.29, 1.82) is 0 Å². The Balaban J connectivity index is 1.40. The summed E-state index contributed by atoms with van der Waals surface area (Å²) in [5.74, 6) is 0.0985. The summed E-state index contributed by atoms with van der Waals surface area (Å²) in [6.45, 7) is 5.15. The van der Waals surface area contributed by atoms with E-state index in [4.69, 9.17) is 9.47 Å². The number of likely N-dealkylation sites (tertiary alicyclic amines) is 1. The average molecular weight is 565 g/mol. The molecule has 2 aliphatic heterocycles. The SMILES string of the molecule is C[C@H]1[C@@H](CN2CCCCCCC2)O[C@@H](c2cccc(NS(=O)(=O)c3ccccc3)c2)O[C@H]1c1ccc(CO)cc1. The standard InChI is InChI=1S/C32H40N2O5S/c1-24-30(22-34-19-8-3-2-4-9-20-34)38-32(39-31(24)26-17-15-25(23-35)16-18-26)27-11-10-12-28(21-27)33-40(36,37)29-13-6-5-7-14-29/h5-7,10-18,21,24,30-33,35H,2-4,8-9,19-20,22-23H2,1H3/t24-,30+,31+,32+/m0/s1.